The second kappa shape index (κ2) is 5.53. The van der Waals surface area contributed by atoms with Crippen LogP contribution in [0.15, 0.2) is 17.1 Å². The summed E-state index contributed by atoms with van der Waals surface area (Å²) < 4.78 is 10.3. The third-order valence-corrected chi connectivity index (χ3v) is 3.40. The van der Waals surface area contributed by atoms with Crippen LogP contribution in [0.25, 0.3) is 0 Å². The molecule has 2 rings (SSSR count). The summed E-state index contributed by atoms with van der Waals surface area (Å²) in [5.41, 5.74) is 2.63. The molecule has 108 valence electrons. The van der Waals surface area contributed by atoms with Crippen molar-refractivity contribution in [3.63, 3.8) is 0 Å². The summed E-state index contributed by atoms with van der Waals surface area (Å²) in [7, 11) is 1.34. The highest BCUT2D eigenvalue weighted by Gasteiger charge is 2.33. The first kappa shape index (κ1) is 14.4. The van der Waals surface area contributed by atoms with E-state index in [9.17, 15) is 9.90 Å². The number of benzene rings is 1. The summed E-state index contributed by atoms with van der Waals surface area (Å²) in [5, 5.41) is 9.76. The van der Waals surface area contributed by atoms with Crippen LogP contribution in [-0.4, -0.2) is 36.2 Å². The third-order valence-electron chi connectivity index (χ3n) is 3.40. The number of ether oxygens (including phenoxy) is 2. The predicted octanol–water partition coefficient (Wildman–Crippen LogP) is 1.91. The molecule has 0 aliphatic carbocycles. The van der Waals surface area contributed by atoms with Crippen molar-refractivity contribution in [2.45, 2.75) is 39.3 Å². The van der Waals surface area contributed by atoms with E-state index in [1.165, 1.54) is 7.11 Å². The molecule has 1 N–H and O–H groups in total. The maximum absolute atomic E-state index is 11.5. The number of methoxy groups -OCH3 is 1. The van der Waals surface area contributed by atoms with E-state index >= 15 is 0 Å². The number of aromatic hydroxyl groups is 1. The van der Waals surface area contributed by atoms with E-state index in [2.05, 4.69) is 4.99 Å². The van der Waals surface area contributed by atoms with Crippen LogP contribution in [0.3, 0.4) is 0 Å². The van der Waals surface area contributed by atoms with Crippen molar-refractivity contribution in [3.8, 4) is 5.75 Å². The van der Waals surface area contributed by atoms with Gasteiger partial charge in [0.1, 0.15) is 11.9 Å². The molecule has 1 heterocycles. The number of nitrogens with zero attached hydrogens (tertiary/aromatic N) is 1. The van der Waals surface area contributed by atoms with E-state index < -0.39 is 6.04 Å². The Labute approximate surface area is 118 Å². The molecule has 5 heteroatoms. The molecule has 0 bridgehead atoms. The van der Waals surface area contributed by atoms with E-state index in [-0.39, 0.29) is 12.1 Å². The smallest absolute Gasteiger partial charge is 0.334 e. The maximum Gasteiger partial charge on any atom is 0.334 e. The summed E-state index contributed by atoms with van der Waals surface area (Å²) in [6.07, 6.45) is 0.191. The van der Waals surface area contributed by atoms with Crippen molar-refractivity contribution >= 4 is 11.9 Å². The van der Waals surface area contributed by atoms with Crippen molar-refractivity contribution in [3.05, 3.63) is 28.8 Å². The van der Waals surface area contributed by atoms with E-state index in [0.717, 1.165) is 16.7 Å². The lowest BCUT2D eigenvalue weighted by atomic mass is 10.0. The minimum atomic E-state index is -0.589. The number of hydrogen-bond donors (Lipinski definition) is 1. The Balaban J connectivity index is 2.17. The van der Waals surface area contributed by atoms with Gasteiger partial charge in [0.2, 0.25) is 0 Å². The van der Waals surface area contributed by atoms with E-state index in [0.29, 0.717) is 18.1 Å². The van der Waals surface area contributed by atoms with Crippen LogP contribution in [-0.2, 0) is 20.7 Å². The van der Waals surface area contributed by atoms with Crippen molar-refractivity contribution in [1.29, 1.82) is 0 Å². The van der Waals surface area contributed by atoms with E-state index in [4.69, 9.17) is 9.47 Å². The predicted molar refractivity (Wildman–Crippen MR) is 75.1 cm³/mol. The van der Waals surface area contributed by atoms with Crippen LogP contribution in [0.1, 0.15) is 23.6 Å². The molecule has 0 amide bonds. The highest BCUT2D eigenvalue weighted by atomic mass is 16.5. The topological polar surface area (TPSA) is 68.1 Å². The van der Waals surface area contributed by atoms with Gasteiger partial charge < -0.3 is 14.6 Å². The Kier molecular flexibility index (Phi) is 3.97. The van der Waals surface area contributed by atoms with Crippen LogP contribution < -0.4 is 0 Å². The van der Waals surface area contributed by atoms with Gasteiger partial charge in [0.25, 0.3) is 0 Å². The second-order valence-corrected chi connectivity index (χ2v) is 5.07. The fraction of sp³-hybridized carbons (Fsp3) is 0.467. The second-order valence-electron chi connectivity index (χ2n) is 5.07. The van der Waals surface area contributed by atoms with Gasteiger partial charge in [-0.3, -0.25) is 0 Å². The van der Waals surface area contributed by atoms with Crippen LogP contribution in [0.4, 0.5) is 0 Å². The molecule has 0 saturated heterocycles. The fourth-order valence-electron chi connectivity index (χ4n) is 2.34. The van der Waals surface area contributed by atoms with E-state index in [1.54, 1.807) is 6.92 Å². The molecule has 0 radical (unpaired) electrons. The molecule has 0 aromatic heterocycles. The van der Waals surface area contributed by atoms with E-state index in [1.807, 2.05) is 26.0 Å². The van der Waals surface area contributed by atoms with Crippen molar-refractivity contribution in [2.75, 3.05) is 7.11 Å². The lowest BCUT2D eigenvalue weighted by Gasteiger charge is -2.11. The Hall–Kier alpha value is -2.04. The average molecular weight is 277 g/mol. The highest BCUT2D eigenvalue weighted by Crippen LogP contribution is 2.24. The van der Waals surface area contributed by atoms with Crippen LogP contribution in [0.2, 0.25) is 0 Å². The van der Waals surface area contributed by atoms with Crippen molar-refractivity contribution in [2.24, 2.45) is 4.99 Å². The van der Waals surface area contributed by atoms with Crippen molar-refractivity contribution in [1.82, 2.24) is 0 Å². The van der Waals surface area contributed by atoms with Gasteiger partial charge in [-0.2, -0.15) is 0 Å². The Morgan fingerprint density at radius 2 is 2.00 bits per heavy atom. The minimum Gasteiger partial charge on any atom is -0.507 e. The number of esters is 1. The van der Waals surface area contributed by atoms with Gasteiger partial charge >= 0.3 is 5.97 Å². The molecule has 1 aromatic carbocycles. The van der Waals surface area contributed by atoms with Gasteiger partial charge in [0, 0.05) is 6.42 Å². The first-order valence-corrected chi connectivity index (χ1v) is 6.52. The molecule has 2 atom stereocenters. The summed E-state index contributed by atoms with van der Waals surface area (Å²) in [6.45, 7) is 5.50. The standard InChI is InChI=1S/C15H19NO4/c1-8-5-11(6-9(2)14(8)17)7-12-16-13(10(3)20-12)15(18)19-4/h5-6,10,13,17H,7H2,1-4H3. The molecule has 1 aliphatic rings. The normalized spacial score (nSPS) is 21.3. The van der Waals surface area contributed by atoms with Gasteiger partial charge in [-0.15, -0.1) is 0 Å². The molecular formula is C15H19NO4. The SMILES string of the molecule is COC(=O)C1N=C(Cc2cc(C)c(O)c(C)c2)OC1C. The summed E-state index contributed by atoms with van der Waals surface area (Å²) in [4.78, 5) is 15.8. The van der Waals surface area contributed by atoms with Gasteiger partial charge in [-0.25, -0.2) is 9.79 Å². The number of phenols is 1. The lowest BCUT2D eigenvalue weighted by molar-refractivity contribution is -0.143. The minimum absolute atomic E-state index is 0.309. The van der Waals surface area contributed by atoms with Gasteiger partial charge in [0.05, 0.1) is 7.11 Å². The number of phenolic OH excluding ortho intramolecular Hbond substituents is 1. The molecule has 0 saturated carbocycles. The van der Waals surface area contributed by atoms with Crippen LogP contribution in [0, 0.1) is 13.8 Å². The Bertz CT molecular complexity index is 542. The zero-order chi connectivity index (χ0) is 14.9. The number of aryl methyl sites for hydroxylation is 2. The zero-order valence-corrected chi connectivity index (χ0v) is 12.1. The van der Waals surface area contributed by atoms with Gasteiger partial charge in [0.15, 0.2) is 11.9 Å². The number of carbonyl (C=O) groups excluding carboxylic acids is 1. The molecule has 0 fully saturated rings. The average Bonchev–Trinajstić information content (AvgIpc) is 2.75. The molecule has 5 nitrogen and oxygen atoms in total. The Morgan fingerprint density at radius 3 is 2.55 bits per heavy atom. The van der Waals surface area contributed by atoms with Gasteiger partial charge in [-0.1, -0.05) is 12.1 Å². The lowest BCUT2D eigenvalue weighted by Crippen LogP contribution is -2.28. The van der Waals surface area contributed by atoms with Crippen LogP contribution in [0.5, 0.6) is 5.75 Å². The monoisotopic (exact) mass is 277 g/mol. The first-order chi connectivity index (χ1) is 9.42. The maximum atomic E-state index is 11.5. The van der Waals surface area contributed by atoms with Gasteiger partial charge in [-0.05, 0) is 37.5 Å². The highest BCUT2D eigenvalue weighted by molar-refractivity contribution is 5.87. The molecule has 2 unspecified atom stereocenters. The quantitative estimate of drug-likeness (QED) is 0.857. The fourth-order valence-corrected chi connectivity index (χ4v) is 2.34. The molecule has 1 aliphatic heterocycles. The largest absolute Gasteiger partial charge is 0.507 e. The van der Waals surface area contributed by atoms with Crippen LogP contribution >= 0.6 is 0 Å². The number of carbonyl (C=O) groups is 1. The number of rotatable bonds is 3. The summed E-state index contributed by atoms with van der Waals surface area (Å²) in [6, 6.07) is 3.20. The first-order valence-electron chi connectivity index (χ1n) is 6.52. The number of aliphatic imine (C=N–C) groups is 1. The Morgan fingerprint density at radius 1 is 1.40 bits per heavy atom. The molecule has 0 spiro atoms. The third kappa shape index (κ3) is 2.76. The molecule has 20 heavy (non-hydrogen) atoms. The molecular weight excluding hydrogens is 258 g/mol. The molecule has 1 aromatic rings. The number of hydrogen-bond acceptors (Lipinski definition) is 5. The van der Waals surface area contributed by atoms with Crippen molar-refractivity contribution < 1.29 is 19.4 Å². The summed E-state index contributed by atoms with van der Waals surface area (Å²) >= 11 is 0. The summed E-state index contributed by atoms with van der Waals surface area (Å²) in [5.74, 6) is 0.451. The zero-order valence-electron chi connectivity index (χ0n) is 12.1.